The van der Waals surface area contributed by atoms with Crippen molar-refractivity contribution in [3.8, 4) is 11.4 Å². The summed E-state index contributed by atoms with van der Waals surface area (Å²) >= 11 is 3.45. The lowest BCUT2D eigenvalue weighted by Crippen LogP contribution is -2.28. The van der Waals surface area contributed by atoms with Gasteiger partial charge >= 0.3 is 0 Å². The van der Waals surface area contributed by atoms with Gasteiger partial charge in [-0.25, -0.2) is 0 Å². The van der Waals surface area contributed by atoms with E-state index in [0.717, 1.165) is 4.47 Å². The number of benzene rings is 2. The third kappa shape index (κ3) is 3.00. The Hall–Kier alpha value is -3.45. The number of para-hydroxylation sites is 1. The Morgan fingerprint density at radius 1 is 1.00 bits per heavy atom. The number of rotatable bonds is 3. The van der Waals surface area contributed by atoms with E-state index in [1.807, 2.05) is 24.3 Å². The van der Waals surface area contributed by atoms with Gasteiger partial charge in [-0.2, -0.15) is 4.98 Å². The monoisotopic (exact) mass is 448 g/mol. The Labute approximate surface area is 172 Å². The van der Waals surface area contributed by atoms with Crippen molar-refractivity contribution in [2.24, 2.45) is 0 Å². The molecule has 0 spiro atoms. The van der Waals surface area contributed by atoms with Gasteiger partial charge in [0.2, 0.25) is 11.1 Å². The number of furan rings is 1. The Morgan fingerprint density at radius 3 is 2.66 bits per heavy atom. The van der Waals surface area contributed by atoms with Crippen LogP contribution in [0.1, 0.15) is 5.76 Å². The lowest BCUT2D eigenvalue weighted by atomic mass is 10.1. The molecule has 0 unspecified atom stereocenters. The number of fused-ring (bicyclic) bond motifs is 2. The van der Waals surface area contributed by atoms with Crippen LogP contribution in [0.25, 0.3) is 33.5 Å². The fourth-order valence-corrected chi connectivity index (χ4v) is 3.74. The number of nitrogens with zero attached hydrogens (tertiary/aromatic N) is 2. The maximum Gasteiger partial charge on any atom is 0.269 e. The quantitative estimate of drug-likeness (QED) is 0.377. The van der Waals surface area contributed by atoms with Gasteiger partial charge in [-0.3, -0.25) is 14.2 Å². The standard InChI is InChI=1S/C22H13BrN2O4/c23-14-6-3-5-13(11-14)20-24-21-18(19(26)16-8-1-2-9-17(16)29-21)22(27)25(20)12-15-7-4-10-28-15/h1-11H,12H2. The highest BCUT2D eigenvalue weighted by atomic mass is 79.9. The van der Waals surface area contributed by atoms with Crippen LogP contribution < -0.4 is 11.0 Å². The molecule has 0 aliphatic rings. The summed E-state index contributed by atoms with van der Waals surface area (Å²) in [7, 11) is 0. The summed E-state index contributed by atoms with van der Waals surface area (Å²) < 4.78 is 13.5. The molecular weight excluding hydrogens is 436 g/mol. The molecule has 0 amide bonds. The van der Waals surface area contributed by atoms with E-state index < -0.39 is 11.0 Å². The minimum atomic E-state index is -0.471. The SMILES string of the molecule is O=c1c2ccccc2oc2nc(-c3cccc(Br)c3)n(Cc3ccco3)c(=O)c12. The van der Waals surface area contributed by atoms with Crippen LogP contribution >= 0.6 is 15.9 Å². The Kier molecular flexibility index (Phi) is 4.17. The molecule has 5 aromatic rings. The topological polar surface area (TPSA) is 78.2 Å². The highest BCUT2D eigenvalue weighted by molar-refractivity contribution is 9.10. The molecule has 5 rings (SSSR count). The minimum absolute atomic E-state index is 0.0179. The Balaban J connectivity index is 1.90. The lowest BCUT2D eigenvalue weighted by molar-refractivity contribution is 0.489. The second-order valence-electron chi connectivity index (χ2n) is 6.52. The molecule has 0 saturated carbocycles. The first-order chi connectivity index (χ1) is 14.1. The normalized spacial score (nSPS) is 11.3. The summed E-state index contributed by atoms with van der Waals surface area (Å²) in [5, 5.41) is 0.271. The van der Waals surface area contributed by atoms with Gasteiger partial charge in [0.1, 0.15) is 17.2 Å². The first-order valence-corrected chi connectivity index (χ1v) is 9.66. The fourth-order valence-electron chi connectivity index (χ4n) is 3.34. The number of hydrogen-bond acceptors (Lipinski definition) is 5. The summed E-state index contributed by atoms with van der Waals surface area (Å²) in [6, 6.07) is 17.8. The summed E-state index contributed by atoms with van der Waals surface area (Å²) in [6.07, 6.45) is 1.54. The van der Waals surface area contributed by atoms with Crippen molar-refractivity contribution < 1.29 is 8.83 Å². The van der Waals surface area contributed by atoms with E-state index in [1.54, 1.807) is 36.4 Å². The molecule has 0 saturated heterocycles. The molecule has 0 atom stereocenters. The second kappa shape index (κ2) is 6.86. The van der Waals surface area contributed by atoms with Gasteiger partial charge < -0.3 is 8.83 Å². The van der Waals surface area contributed by atoms with Crippen LogP contribution in [0.15, 0.2) is 89.8 Å². The minimum Gasteiger partial charge on any atom is -0.467 e. The zero-order valence-corrected chi connectivity index (χ0v) is 16.5. The maximum absolute atomic E-state index is 13.4. The first kappa shape index (κ1) is 17.6. The van der Waals surface area contributed by atoms with Crippen molar-refractivity contribution in [3.05, 3.63) is 97.7 Å². The third-order valence-electron chi connectivity index (χ3n) is 4.68. The van der Waals surface area contributed by atoms with Crippen LogP contribution in [0.2, 0.25) is 0 Å². The van der Waals surface area contributed by atoms with Gasteiger partial charge in [0, 0.05) is 10.0 Å². The van der Waals surface area contributed by atoms with Crippen LogP contribution in [0, 0.1) is 0 Å². The molecule has 2 aromatic carbocycles. The molecule has 3 aromatic heterocycles. The van der Waals surface area contributed by atoms with E-state index in [4.69, 9.17) is 8.83 Å². The average molecular weight is 449 g/mol. The second-order valence-corrected chi connectivity index (χ2v) is 7.44. The van der Waals surface area contributed by atoms with Gasteiger partial charge in [-0.1, -0.05) is 40.2 Å². The Bertz CT molecular complexity index is 1480. The van der Waals surface area contributed by atoms with E-state index in [0.29, 0.717) is 28.1 Å². The average Bonchev–Trinajstić information content (AvgIpc) is 3.23. The number of hydrogen-bond donors (Lipinski definition) is 0. The molecule has 142 valence electrons. The molecule has 0 radical (unpaired) electrons. The predicted molar refractivity (Wildman–Crippen MR) is 113 cm³/mol. The molecular formula is C22H13BrN2O4. The highest BCUT2D eigenvalue weighted by Crippen LogP contribution is 2.24. The smallest absolute Gasteiger partial charge is 0.269 e. The van der Waals surface area contributed by atoms with E-state index in [9.17, 15) is 9.59 Å². The van der Waals surface area contributed by atoms with Crippen LogP contribution in [0.5, 0.6) is 0 Å². The van der Waals surface area contributed by atoms with Gasteiger partial charge in [-0.05, 0) is 36.4 Å². The maximum atomic E-state index is 13.4. The first-order valence-electron chi connectivity index (χ1n) is 8.86. The van der Waals surface area contributed by atoms with Crippen LogP contribution in [0.3, 0.4) is 0 Å². The molecule has 6 nitrogen and oxygen atoms in total. The molecule has 7 heteroatoms. The van der Waals surface area contributed by atoms with Crippen LogP contribution in [-0.2, 0) is 6.54 Å². The summed E-state index contributed by atoms with van der Waals surface area (Å²) in [5.41, 5.74) is 0.250. The molecule has 0 aliphatic carbocycles. The fraction of sp³-hybridized carbons (Fsp3) is 0.0455. The van der Waals surface area contributed by atoms with E-state index >= 15 is 0 Å². The van der Waals surface area contributed by atoms with Crippen molar-refractivity contribution in [3.63, 3.8) is 0 Å². The number of aromatic nitrogens is 2. The van der Waals surface area contributed by atoms with Gasteiger partial charge in [0.25, 0.3) is 5.56 Å². The molecule has 0 N–H and O–H groups in total. The molecule has 0 bridgehead atoms. The molecule has 3 heterocycles. The summed E-state index contributed by atoms with van der Waals surface area (Å²) in [5.74, 6) is 0.966. The van der Waals surface area contributed by atoms with Gasteiger partial charge in [0.15, 0.2) is 5.39 Å². The molecule has 0 aliphatic heterocycles. The Morgan fingerprint density at radius 2 is 1.86 bits per heavy atom. The van der Waals surface area contributed by atoms with Gasteiger partial charge in [-0.15, -0.1) is 0 Å². The van der Waals surface area contributed by atoms with E-state index in [-0.39, 0.29) is 17.6 Å². The molecule has 29 heavy (non-hydrogen) atoms. The zero-order chi connectivity index (χ0) is 20.0. The zero-order valence-electron chi connectivity index (χ0n) is 15.0. The largest absolute Gasteiger partial charge is 0.467 e. The molecule has 0 fully saturated rings. The summed E-state index contributed by atoms with van der Waals surface area (Å²) in [6.45, 7) is 0.142. The van der Waals surface area contributed by atoms with Crippen molar-refractivity contribution in [2.75, 3.05) is 0 Å². The summed E-state index contributed by atoms with van der Waals surface area (Å²) in [4.78, 5) is 31.0. The van der Waals surface area contributed by atoms with Crippen molar-refractivity contribution in [1.29, 1.82) is 0 Å². The van der Waals surface area contributed by atoms with Crippen molar-refractivity contribution in [2.45, 2.75) is 6.54 Å². The van der Waals surface area contributed by atoms with E-state index in [2.05, 4.69) is 20.9 Å². The van der Waals surface area contributed by atoms with E-state index in [1.165, 1.54) is 10.8 Å². The van der Waals surface area contributed by atoms with Gasteiger partial charge in [0.05, 0.1) is 18.2 Å². The third-order valence-corrected chi connectivity index (χ3v) is 5.17. The number of halogens is 1. The van der Waals surface area contributed by atoms with Crippen molar-refractivity contribution >= 4 is 38.0 Å². The predicted octanol–water partition coefficient (Wildman–Crippen LogP) is 4.57. The lowest BCUT2D eigenvalue weighted by Gasteiger charge is -2.12. The van der Waals surface area contributed by atoms with Crippen LogP contribution in [-0.4, -0.2) is 9.55 Å². The highest BCUT2D eigenvalue weighted by Gasteiger charge is 2.19. The van der Waals surface area contributed by atoms with Crippen molar-refractivity contribution in [1.82, 2.24) is 9.55 Å². The van der Waals surface area contributed by atoms with Crippen LogP contribution in [0.4, 0.5) is 0 Å².